The molecule has 0 heterocycles. The number of rotatable bonds is 10. The highest BCUT2D eigenvalue weighted by molar-refractivity contribution is 5.74. The van der Waals surface area contributed by atoms with Crippen molar-refractivity contribution in [3.05, 3.63) is 46.3 Å². The molecular weight excluding hydrogens is 406 g/mol. The molecule has 1 aromatic rings. The van der Waals surface area contributed by atoms with Crippen molar-refractivity contribution < 1.29 is 28.6 Å². The Morgan fingerprint density at radius 2 is 1.71 bits per heavy atom. The van der Waals surface area contributed by atoms with Crippen molar-refractivity contribution >= 4 is 18.2 Å². The topological polar surface area (TPSA) is 152 Å². The van der Waals surface area contributed by atoms with Crippen molar-refractivity contribution in [3.63, 3.8) is 0 Å². The highest BCUT2D eigenvalue weighted by Gasteiger charge is 2.29. The lowest BCUT2D eigenvalue weighted by atomic mass is 10.1. The number of carbonyl (C=O) groups is 3. The Morgan fingerprint density at radius 1 is 1.06 bits per heavy atom. The Morgan fingerprint density at radius 3 is 2.29 bits per heavy atom. The van der Waals surface area contributed by atoms with E-state index in [1.54, 1.807) is 52.0 Å². The molecule has 0 fully saturated rings. The zero-order valence-corrected chi connectivity index (χ0v) is 18.2. The molecule has 2 amide bonds. The first kappa shape index (κ1) is 25.6. The molecular formula is C20H29N5O6. The van der Waals surface area contributed by atoms with Crippen molar-refractivity contribution in [2.75, 3.05) is 13.2 Å². The van der Waals surface area contributed by atoms with Crippen molar-refractivity contribution in [3.8, 4) is 0 Å². The van der Waals surface area contributed by atoms with Crippen LogP contribution in [-0.2, 0) is 25.6 Å². The molecule has 11 heteroatoms. The number of carbonyl (C=O) groups excluding carboxylic acids is 3. The summed E-state index contributed by atoms with van der Waals surface area (Å²) in [6.07, 6.45) is -1.88. The van der Waals surface area contributed by atoms with E-state index in [0.29, 0.717) is 0 Å². The van der Waals surface area contributed by atoms with Gasteiger partial charge < -0.3 is 24.8 Å². The third-order valence-electron chi connectivity index (χ3n) is 3.74. The van der Waals surface area contributed by atoms with Gasteiger partial charge in [-0.3, -0.25) is 4.79 Å². The summed E-state index contributed by atoms with van der Waals surface area (Å²) in [4.78, 5) is 39.3. The molecule has 0 aliphatic carbocycles. The lowest BCUT2D eigenvalue weighted by Crippen LogP contribution is -2.55. The molecule has 0 bridgehead atoms. The fraction of sp³-hybridized carbons (Fsp3) is 0.550. The van der Waals surface area contributed by atoms with Gasteiger partial charge in [0.2, 0.25) is 0 Å². The van der Waals surface area contributed by atoms with E-state index in [4.69, 9.17) is 19.7 Å². The van der Waals surface area contributed by atoms with E-state index < -0.39 is 35.8 Å². The Balaban J connectivity index is 2.92. The molecule has 31 heavy (non-hydrogen) atoms. The van der Waals surface area contributed by atoms with Crippen LogP contribution in [0.15, 0.2) is 35.4 Å². The molecule has 170 valence electrons. The number of hydrogen-bond acceptors (Lipinski definition) is 7. The summed E-state index contributed by atoms with van der Waals surface area (Å²) in [7, 11) is 0. The van der Waals surface area contributed by atoms with Crippen LogP contribution in [0.2, 0.25) is 0 Å². The summed E-state index contributed by atoms with van der Waals surface area (Å²) in [5.41, 5.74) is 8.69. The van der Waals surface area contributed by atoms with Crippen LogP contribution in [0.4, 0.5) is 9.59 Å². The molecule has 0 unspecified atom stereocenters. The van der Waals surface area contributed by atoms with E-state index in [-0.39, 0.29) is 26.2 Å². The first-order chi connectivity index (χ1) is 14.6. The van der Waals surface area contributed by atoms with Crippen LogP contribution in [0, 0.1) is 0 Å². The monoisotopic (exact) mass is 435 g/mol. The van der Waals surface area contributed by atoms with Crippen molar-refractivity contribution in [2.45, 2.75) is 58.4 Å². The number of benzene rings is 1. The third-order valence-corrected chi connectivity index (χ3v) is 3.74. The van der Waals surface area contributed by atoms with Crippen molar-refractivity contribution in [1.29, 1.82) is 0 Å². The van der Waals surface area contributed by atoms with Crippen LogP contribution < -0.4 is 10.6 Å². The smallest absolute Gasteiger partial charge is 0.407 e. The SMILES string of the molecule is CCOC(=O)C[C@H](NC(=O)OCc1ccccc1)[C@@H](CN=[N+]=[N-])NC(=O)OC(C)(C)C. The van der Waals surface area contributed by atoms with Gasteiger partial charge in [-0.05, 0) is 38.8 Å². The van der Waals surface area contributed by atoms with Gasteiger partial charge in [-0.2, -0.15) is 0 Å². The van der Waals surface area contributed by atoms with Crippen LogP contribution in [0.3, 0.4) is 0 Å². The third kappa shape index (κ3) is 11.3. The summed E-state index contributed by atoms with van der Waals surface area (Å²) in [6, 6.07) is 7.11. The molecule has 0 saturated carbocycles. The molecule has 0 radical (unpaired) electrons. The van der Waals surface area contributed by atoms with Gasteiger partial charge in [0, 0.05) is 11.5 Å². The van der Waals surface area contributed by atoms with Crippen LogP contribution in [0.5, 0.6) is 0 Å². The molecule has 1 rings (SSSR count). The van der Waals surface area contributed by atoms with Crippen molar-refractivity contribution in [1.82, 2.24) is 10.6 Å². The zero-order chi connectivity index (χ0) is 23.3. The van der Waals surface area contributed by atoms with Gasteiger partial charge in [-0.15, -0.1) is 0 Å². The fourth-order valence-corrected chi connectivity index (χ4v) is 2.47. The van der Waals surface area contributed by atoms with Gasteiger partial charge in [0.1, 0.15) is 12.2 Å². The highest BCUT2D eigenvalue weighted by atomic mass is 16.6. The molecule has 0 aromatic heterocycles. The molecule has 2 atom stereocenters. The second kappa shape index (κ2) is 13.0. The Kier molecular flexibility index (Phi) is 10.7. The van der Waals surface area contributed by atoms with Gasteiger partial charge in [-0.25, -0.2) is 9.59 Å². The van der Waals surface area contributed by atoms with E-state index in [2.05, 4.69) is 20.7 Å². The minimum Gasteiger partial charge on any atom is -0.466 e. The quantitative estimate of drug-likeness (QED) is 0.189. The summed E-state index contributed by atoms with van der Waals surface area (Å²) < 4.78 is 15.4. The number of hydrogen-bond donors (Lipinski definition) is 2. The fourth-order valence-electron chi connectivity index (χ4n) is 2.47. The predicted octanol–water partition coefficient (Wildman–Crippen LogP) is 3.44. The number of ether oxygens (including phenoxy) is 3. The van der Waals surface area contributed by atoms with E-state index in [1.165, 1.54) is 0 Å². The Bertz CT molecular complexity index is 774. The Hall–Kier alpha value is -3.46. The zero-order valence-electron chi connectivity index (χ0n) is 18.2. The van der Waals surface area contributed by atoms with Crippen LogP contribution in [-0.4, -0.2) is 49.0 Å². The summed E-state index contributed by atoms with van der Waals surface area (Å²) in [5.74, 6) is -0.604. The molecule has 11 nitrogen and oxygen atoms in total. The standard InChI is InChI=1S/C20H29N5O6/c1-5-29-17(26)11-15(23-18(27)30-13-14-9-7-6-8-10-14)16(12-22-25-21)24-19(28)31-20(2,3)4/h6-10,15-16H,5,11-13H2,1-4H3,(H,23,27)(H,24,28)/t15-,16+/m0/s1. The van der Waals surface area contributed by atoms with Gasteiger partial charge in [-0.1, -0.05) is 35.4 Å². The highest BCUT2D eigenvalue weighted by Crippen LogP contribution is 2.10. The van der Waals surface area contributed by atoms with E-state index >= 15 is 0 Å². The molecule has 0 spiro atoms. The lowest BCUT2D eigenvalue weighted by Gasteiger charge is -2.28. The number of nitrogens with zero attached hydrogens (tertiary/aromatic N) is 3. The van der Waals surface area contributed by atoms with E-state index in [1.807, 2.05) is 6.07 Å². The number of alkyl carbamates (subject to hydrolysis) is 2. The van der Waals surface area contributed by atoms with Gasteiger partial charge >= 0.3 is 18.2 Å². The summed E-state index contributed by atoms with van der Waals surface area (Å²) in [6.45, 7) is 6.62. The second-order valence-corrected chi connectivity index (χ2v) is 7.49. The number of azide groups is 1. The van der Waals surface area contributed by atoms with Gasteiger partial charge in [0.05, 0.1) is 25.1 Å². The maximum Gasteiger partial charge on any atom is 0.407 e. The maximum atomic E-state index is 12.3. The Labute approximate surface area is 181 Å². The molecule has 0 saturated heterocycles. The maximum absolute atomic E-state index is 12.3. The van der Waals surface area contributed by atoms with Gasteiger partial charge in [0.25, 0.3) is 0 Å². The first-order valence-corrected chi connectivity index (χ1v) is 9.77. The second-order valence-electron chi connectivity index (χ2n) is 7.49. The average Bonchev–Trinajstić information content (AvgIpc) is 2.68. The van der Waals surface area contributed by atoms with Crippen LogP contribution >= 0.6 is 0 Å². The van der Waals surface area contributed by atoms with Gasteiger partial charge in [0.15, 0.2) is 0 Å². The number of amides is 2. The summed E-state index contributed by atoms with van der Waals surface area (Å²) in [5, 5.41) is 8.53. The summed E-state index contributed by atoms with van der Waals surface area (Å²) >= 11 is 0. The number of nitrogens with one attached hydrogen (secondary N) is 2. The van der Waals surface area contributed by atoms with E-state index in [9.17, 15) is 14.4 Å². The molecule has 2 N–H and O–H groups in total. The number of esters is 1. The molecule has 0 aliphatic rings. The van der Waals surface area contributed by atoms with Crippen molar-refractivity contribution in [2.24, 2.45) is 5.11 Å². The minimum atomic E-state index is -0.972. The van der Waals surface area contributed by atoms with E-state index in [0.717, 1.165) is 5.56 Å². The molecule has 1 aromatic carbocycles. The first-order valence-electron chi connectivity index (χ1n) is 9.77. The molecule has 0 aliphatic heterocycles. The van der Waals surface area contributed by atoms with Crippen LogP contribution in [0.1, 0.15) is 39.7 Å². The average molecular weight is 435 g/mol. The minimum absolute atomic E-state index is 0.0132. The lowest BCUT2D eigenvalue weighted by molar-refractivity contribution is -0.143. The van der Waals surface area contributed by atoms with Crippen LogP contribution in [0.25, 0.3) is 10.4 Å². The normalized spacial score (nSPS) is 12.5. The largest absolute Gasteiger partial charge is 0.466 e. The predicted molar refractivity (Wildman–Crippen MR) is 112 cm³/mol.